The van der Waals surface area contributed by atoms with Gasteiger partial charge in [-0.15, -0.1) is 11.3 Å². The fourth-order valence-electron chi connectivity index (χ4n) is 3.84. The third kappa shape index (κ3) is 10.5. The first kappa shape index (κ1) is 29.0. The summed E-state index contributed by atoms with van der Waals surface area (Å²) in [7, 11) is 0. The number of aliphatic hydroxyl groups excluding tert-OH is 2. The molecule has 3 rings (SSSR count). The normalized spacial score (nSPS) is 13.9. The van der Waals surface area contributed by atoms with E-state index in [4.69, 9.17) is 14.9 Å². The number of aliphatic hydroxyl groups is 2. The lowest BCUT2D eigenvalue weighted by molar-refractivity contribution is -0.117. The van der Waals surface area contributed by atoms with Crippen LogP contribution in [0.15, 0.2) is 36.4 Å². The minimum absolute atomic E-state index is 0.127. The van der Waals surface area contributed by atoms with Crippen molar-refractivity contribution in [2.45, 2.75) is 84.2 Å². The number of nitrogens with zero attached hydrogens (tertiary/aromatic N) is 1. The van der Waals surface area contributed by atoms with Crippen LogP contribution in [0.3, 0.4) is 0 Å². The summed E-state index contributed by atoms with van der Waals surface area (Å²) in [6.45, 7) is 5.03. The van der Waals surface area contributed by atoms with Gasteiger partial charge < -0.3 is 19.8 Å². The Balaban J connectivity index is 0.000000247. The van der Waals surface area contributed by atoms with Gasteiger partial charge in [0.05, 0.1) is 19.3 Å². The highest BCUT2D eigenvalue weighted by Gasteiger charge is 2.21. The second-order valence-electron chi connectivity index (χ2n) is 8.90. The number of benzene rings is 1. The van der Waals surface area contributed by atoms with Crippen LogP contribution < -0.4 is 4.90 Å². The quantitative estimate of drug-likeness (QED) is 0.277. The molecule has 2 aromatic rings. The summed E-state index contributed by atoms with van der Waals surface area (Å²) < 4.78 is 4.99. The third-order valence-corrected chi connectivity index (χ3v) is 7.02. The molecule has 1 aliphatic heterocycles. The molecule has 2 heterocycles. The number of hydrogen-bond donors (Lipinski definition) is 2. The number of carbonyl (C=O) groups excluding carboxylic acids is 2. The van der Waals surface area contributed by atoms with Crippen LogP contribution in [0.5, 0.6) is 0 Å². The van der Waals surface area contributed by atoms with Crippen molar-refractivity contribution in [1.29, 1.82) is 0 Å². The van der Waals surface area contributed by atoms with E-state index in [0.29, 0.717) is 11.3 Å². The number of rotatable bonds is 13. The smallest absolute Gasteiger partial charge is 0.348 e. The molecule has 1 atom stereocenters. The average molecular weight is 504 g/mol. The Morgan fingerprint density at radius 3 is 2.46 bits per heavy atom. The van der Waals surface area contributed by atoms with E-state index in [1.165, 1.54) is 47.5 Å². The average Bonchev–Trinajstić information content (AvgIpc) is 3.52. The van der Waals surface area contributed by atoms with Gasteiger partial charge in [0.1, 0.15) is 4.88 Å². The number of unbranched alkanes of at least 4 members (excludes halogenated alkanes) is 3. The lowest BCUT2D eigenvalue weighted by atomic mass is 10.1. The van der Waals surface area contributed by atoms with Crippen molar-refractivity contribution in [3.63, 3.8) is 0 Å². The third-order valence-electron chi connectivity index (χ3n) is 5.89. The van der Waals surface area contributed by atoms with Gasteiger partial charge in [0.25, 0.3) is 0 Å². The minimum atomic E-state index is -0.818. The zero-order valence-corrected chi connectivity index (χ0v) is 22.0. The molecule has 7 heteroatoms. The first-order chi connectivity index (χ1) is 17.0. The number of anilines is 1. The Hall–Kier alpha value is -2.22. The molecule has 1 amide bonds. The Kier molecular flexibility index (Phi) is 13.6. The Labute approximate surface area is 213 Å². The highest BCUT2D eigenvalue weighted by atomic mass is 32.1. The van der Waals surface area contributed by atoms with Gasteiger partial charge in [-0.25, -0.2) is 4.79 Å². The second kappa shape index (κ2) is 16.5. The van der Waals surface area contributed by atoms with Crippen LogP contribution in [0, 0.1) is 0 Å². The van der Waals surface area contributed by atoms with Gasteiger partial charge in [-0.3, -0.25) is 4.79 Å². The molecule has 1 aromatic carbocycles. The van der Waals surface area contributed by atoms with E-state index < -0.39 is 6.10 Å². The number of carbonyl (C=O) groups is 2. The maximum atomic E-state index is 11.6. The first-order valence-electron chi connectivity index (χ1n) is 12.9. The van der Waals surface area contributed by atoms with Crippen molar-refractivity contribution >= 4 is 28.9 Å². The monoisotopic (exact) mass is 503 g/mol. The molecule has 1 saturated heterocycles. The van der Waals surface area contributed by atoms with Crippen LogP contribution in [0.4, 0.5) is 5.69 Å². The maximum Gasteiger partial charge on any atom is 0.348 e. The van der Waals surface area contributed by atoms with Crippen LogP contribution in [-0.2, 0) is 22.4 Å². The molecule has 2 N–H and O–H groups in total. The topological polar surface area (TPSA) is 87.1 Å². The second-order valence-corrected chi connectivity index (χ2v) is 10.1. The van der Waals surface area contributed by atoms with Crippen molar-refractivity contribution in [3.05, 3.63) is 51.7 Å². The van der Waals surface area contributed by atoms with E-state index in [-0.39, 0.29) is 31.5 Å². The summed E-state index contributed by atoms with van der Waals surface area (Å²) in [5.41, 5.74) is 2.45. The standard InChI is InChI=1S/C16H23NO.C12H18O4S/c1-2-3-4-5-7-14-9-11-15(12-10-14)17-13-6-8-16(17)18;1-2-3-10-4-5-11(17-10)12(15)16-7-6-9(14)8-13/h9-12H,2-8,13H2,1H3;4-5,9,13-14H,2-3,6-8H2,1H3. The predicted molar refractivity (Wildman–Crippen MR) is 142 cm³/mol. The molecule has 1 aliphatic rings. The zero-order chi connectivity index (χ0) is 25.5. The Morgan fingerprint density at radius 2 is 1.83 bits per heavy atom. The summed E-state index contributed by atoms with van der Waals surface area (Å²) in [4.78, 5) is 26.9. The van der Waals surface area contributed by atoms with Crippen molar-refractivity contribution in [3.8, 4) is 0 Å². The molecule has 0 saturated carbocycles. The van der Waals surface area contributed by atoms with Gasteiger partial charge in [0, 0.05) is 30.0 Å². The minimum Gasteiger partial charge on any atom is -0.461 e. The van der Waals surface area contributed by atoms with Crippen molar-refractivity contribution in [2.24, 2.45) is 0 Å². The molecule has 6 nitrogen and oxygen atoms in total. The molecular formula is C28H41NO5S. The number of thiophene rings is 1. The zero-order valence-electron chi connectivity index (χ0n) is 21.2. The molecular weight excluding hydrogens is 462 g/mol. The van der Waals surface area contributed by atoms with Gasteiger partial charge in [-0.2, -0.15) is 0 Å². The summed E-state index contributed by atoms with van der Waals surface area (Å²) in [5, 5.41) is 17.7. The van der Waals surface area contributed by atoms with Crippen molar-refractivity contribution < 1.29 is 24.5 Å². The van der Waals surface area contributed by atoms with Crippen LogP contribution in [0.2, 0.25) is 0 Å². The van der Waals surface area contributed by atoms with E-state index in [1.807, 2.05) is 11.0 Å². The largest absolute Gasteiger partial charge is 0.461 e. The van der Waals surface area contributed by atoms with Crippen molar-refractivity contribution in [1.82, 2.24) is 0 Å². The SMILES string of the molecule is CCCCCCc1ccc(N2CCCC2=O)cc1.CCCc1ccc(C(=O)OCCC(O)CO)s1. The van der Waals surface area contributed by atoms with E-state index >= 15 is 0 Å². The summed E-state index contributed by atoms with van der Waals surface area (Å²) in [6.07, 6.45) is 9.55. The van der Waals surface area contributed by atoms with Crippen LogP contribution in [0.25, 0.3) is 0 Å². The summed E-state index contributed by atoms with van der Waals surface area (Å²) >= 11 is 1.44. The Morgan fingerprint density at radius 1 is 1.06 bits per heavy atom. The van der Waals surface area contributed by atoms with E-state index in [0.717, 1.165) is 37.9 Å². The van der Waals surface area contributed by atoms with E-state index in [2.05, 4.69) is 38.1 Å². The van der Waals surface area contributed by atoms with Crippen LogP contribution >= 0.6 is 11.3 Å². The molecule has 0 bridgehead atoms. The predicted octanol–water partition coefficient (Wildman–Crippen LogP) is 5.54. The molecule has 1 unspecified atom stereocenters. The molecule has 35 heavy (non-hydrogen) atoms. The molecule has 0 aliphatic carbocycles. The van der Waals surface area contributed by atoms with Gasteiger partial charge in [0.15, 0.2) is 0 Å². The van der Waals surface area contributed by atoms with Gasteiger partial charge in [-0.1, -0.05) is 51.7 Å². The maximum absolute atomic E-state index is 11.6. The fourth-order valence-corrected chi connectivity index (χ4v) is 4.84. The molecule has 1 fully saturated rings. The lowest BCUT2D eigenvalue weighted by Gasteiger charge is -2.15. The summed E-state index contributed by atoms with van der Waals surface area (Å²) in [6, 6.07) is 12.2. The highest BCUT2D eigenvalue weighted by Crippen LogP contribution is 2.22. The molecule has 0 spiro atoms. The fraction of sp³-hybridized carbons (Fsp3) is 0.571. The number of hydrogen-bond acceptors (Lipinski definition) is 6. The number of ether oxygens (including phenoxy) is 1. The van der Waals surface area contributed by atoms with Gasteiger partial charge in [0.2, 0.25) is 5.91 Å². The number of amides is 1. The lowest BCUT2D eigenvalue weighted by Crippen LogP contribution is -2.23. The molecule has 0 radical (unpaired) electrons. The highest BCUT2D eigenvalue weighted by molar-refractivity contribution is 7.13. The first-order valence-corrected chi connectivity index (χ1v) is 13.7. The Bertz CT molecular complexity index is 880. The molecule has 1 aromatic heterocycles. The summed E-state index contributed by atoms with van der Waals surface area (Å²) in [5.74, 6) is -0.0896. The van der Waals surface area contributed by atoms with E-state index in [9.17, 15) is 9.59 Å². The molecule has 194 valence electrons. The number of aryl methyl sites for hydroxylation is 2. The van der Waals surface area contributed by atoms with Gasteiger partial charge >= 0.3 is 5.97 Å². The van der Waals surface area contributed by atoms with Gasteiger partial charge in [-0.05, 0) is 55.5 Å². The van der Waals surface area contributed by atoms with E-state index in [1.54, 1.807) is 6.07 Å². The van der Waals surface area contributed by atoms with Crippen molar-refractivity contribution in [2.75, 3.05) is 24.7 Å². The number of esters is 1. The van der Waals surface area contributed by atoms with Crippen LogP contribution in [-0.4, -0.2) is 48.0 Å². The van der Waals surface area contributed by atoms with Crippen LogP contribution in [0.1, 0.15) is 85.3 Å².